The standard InChI is InChI=1S/C14H13N3OS/c1-9-7-10(15)4-5-11(9)16-14-17-12(8-19-14)13-3-2-6-18-13/h2-8H,15H2,1H3,(H,16,17). The molecule has 0 amide bonds. The maximum absolute atomic E-state index is 5.74. The van der Waals surface area contributed by atoms with E-state index in [1.807, 2.05) is 42.6 Å². The van der Waals surface area contributed by atoms with Crippen molar-refractivity contribution in [2.75, 3.05) is 11.1 Å². The third kappa shape index (κ3) is 2.46. The van der Waals surface area contributed by atoms with E-state index in [9.17, 15) is 0 Å². The van der Waals surface area contributed by atoms with Gasteiger partial charge in [-0.1, -0.05) is 0 Å². The Bertz CT molecular complexity index is 689. The lowest BCUT2D eigenvalue weighted by atomic mass is 10.2. The summed E-state index contributed by atoms with van der Waals surface area (Å²) >= 11 is 1.54. The smallest absolute Gasteiger partial charge is 0.187 e. The van der Waals surface area contributed by atoms with Crippen molar-refractivity contribution in [2.45, 2.75) is 6.92 Å². The number of nitrogens with two attached hydrogens (primary N) is 1. The molecule has 0 saturated carbocycles. The highest BCUT2D eigenvalue weighted by molar-refractivity contribution is 7.14. The molecule has 0 unspecified atom stereocenters. The van der Waals surface area contributed by atoms with Crippen molar-refractivity contribution in [3.63, 3.8) is 0 Å². The van der Waals surface area contributed by atoms with E-state index < -0.39 is 0 Å². The summed E-state index contributed by atoms with van der Waals surface area (Å²) in [7, 11) is 0. The SMILES string of the molecule is Cc1cc(N)ccc1Nc1nc(-c2ccco2)cs1. The Morgan fingerprint density at radius 1 is 1.32 bits per heavy atom. The lowest BCUT2D eigenvalue weighted by Crippen LogP contribution is -1.94. The number of anilines is 3. The molecule has 3 N–H and O–H groups in total. The minimum absolute atomic E-state index is 0.762. The fourth-order valence-electron chi connectivity index (χ4n) is 1.81. The first kappa shape index (κ1) is 11.8. The first-order chi connectivity index (χ1) is 9.22. The van der Waals surface area contributed by atoms with Gasteiger partial charge in [-0.05, 0) is 42.8 Å². The van der Waals surface area contributed by atoms with E-state index in [0.717, 1.165) is 33.5 Å². The molecule has 2 heterocycles. The van der Waals surface area contributed by atoms with E-state index in [-0.39, 0.29) is 0 Å². The minimum Gasteiger partial charge on any atom is -0.463 e. The lowest BCUT2D eigenvalue weighted by Gasteiger charge is -2.07. The monoisotopic (exact) mass is 271 g/mol. The van der Waals surface area contributed by atoms with E-state index in [4.69, 9.17) is 10.2 Å². The molecule has 19 heavy (non-hydrogen) atoms. The van der Waals surface area contributed by atoms with Gasteiger partial charge in [0.1, 0.15) is 5.69 Å². The molecule has 0 saturated heterocycles. The molecule has 0 spiro atoms. The summed E-state index contributed by atoms with van der Waals surface area (Å²) in [6.07, 6.45) is 1.64. The van der Waals surface area contributed by atoms with Gasteiger partial charge >= 0.3 is 0 Å². The molecule has 5 heteroatoms. The predicted octanol–water partition coefficient (Wildman–Crippen LogP) is 4.04. The Hall–Kier alpha value is -2.27. The van der Waals surface area contributed by atoms with Gasteiger partial charge in [0.25, 0.3) is 0 Å². The highest BCUT2D eigenvalue weighted by Crippen LogP contribution is 2.28. The molecule has 4 nitrogen and oxygen atoms in total. The summed E-state index contributed by atoms with van der Waals surface area (Å²) in [4.78, 5) is 4.49. The second-order valence-electron chi connectivity index (χ2n) is 4.21. The Morgan fingerprint density at radius 3 is 2.95 bits per heavy atom. The van der Waals surface area contributed by atoms with Gasteiger partial charge in [0, 0.05) is 16.8 Å². The van der Waals surface area contributed by atoms with Gasteiger partial charge in [-0.15, -0.1) is 11.3 Å². The number of nitrogens with zero attached hydrogens (tertiary/aromatic N) is 1. The van der Waals surface area contributed by atoms with Gasteiger partial charge in [-0.25, -0.2) is 4.98 Å². The molecule has 96 valence electrons. The van der Waals surface area contributed by atoms with Crippen LogP contribution in [0.15, 0.2) is 46.4 Å². The van der Waals surface area contributed by atoms with E-state index in [0.29, 0.717) is 0 Å². The minimum atomic E-state index is 0.762. The summed E-state index contributed by atoms with van der Waals surface area (Å²) in [6.45, 7) is 2.01. The van der Waals surface area contributed by atoms with E-state index in [1.165, 1.54) is 0 Å². The Kier molecular flexibility index (Phi) is 2.97. The summed E-state index contributed by atoms with van der Waals surface area (Å²) in [5.74, 6) is 0.776. The molecule has 0 radical (unpaired) electrons. The second kappa shape index (κ2) is 4.78. The van der Waals surface area contributed by atoms with E-state index in [2.05, 4.69) is 10.3 Å². The number of thiazole rings is 1. The molecule has 0 aliphatic rings. The molecule has 1 aromatic carbocycles. The predicted molar refractivity (Wildman–Crippen MR) is 78.7 cm³/mol. The number of nitrogen functional groups attached to an aromatic ring is 1. The second-order valence-corrected chi connectivity index (χ2v) is 5.07. The zero-order chi connectivity index (χ0) is 13.2. The first-order valence-corrected chi connectivity index (χ1v) is 6.73. The van der Waals surface area contributed by atoms with Crippen LogP contribution in [-0.4, -0.2) is 4.98 Å². The van der Waals surface area contributed by atoms with Crippen LogP contribution in [0.3, 0.4) is 0 Å². The van der Waals surface area contributed by atoms with Crippen LogP contribution in [0.4, 0.5) is 16.5 Å². The lowest BCUT2D eigenvalue weighted by molar-refractivity contribution is 0.580. The Balaban J connectivity index is 1.84. The first-order valence-electron chi connectivity index (χ1n) is 5.85. The largest absolute Gasteiger partial charge is 0.463 e. The summed E-state index contributed by atoms with van der Waals surface area (Å²) < 4.78 is 5.32. The zero-order valence-electron chi connectivity index (χ0n) is 10.4. The number of hydrogen-bond donors (Lipinski definition) is 2. The van der Waals surface area contributed by atoms with E-state index >= 15 is 0 Å². The molecular weight excluding hydrogens is 258 g/mol. The molecule has 3 rings (SSSR count). The fraction of sp³-hybridized carbons (Fsp3) is 0.0714. The number of furan rings is 1. The average molecular weight is 271 g/mol. The van der Waals surface area contributed by atoms with Crippen molar-refractivity contribution < 1.29 is 4.42 Å². The van der Waals surface area contributed by atoms with Gasteiger partial charge < -0.3 is 15.5 Å². The molecule has 0 aliphatic heterocycles. The van der Waals surface area contributed by atoms with Crippen LogP contribution in [0.5, 0.6) is 0 Å². The van der Waals surface area contributed by atoms with Crippen molar-refractivity contribution in [3.05, 3.63) is 47.5 Å². The summed E-state index contributed by atoms with van der Waals surface area (Å²) in [5.41, 5.74) is 9.44. The fourth-order valence-corrected chi connectivity index (χ4v) is 2.52. The summed E-state index contributed by atoms with van der Waals surface area (Å²) in [5, 5.41) is 6.09. The van der Waals surface area contributed by atoms with E-state index in [1.54, 1.807) is 17.6 Å². The molecule has 0 aliphatic carbocycles. The van der Waals surface area contributed by atoms with Crippen LogP contribution in [0.25, 0.3) is 11.5 Å². The highest BCUT2D eigenvalue weighted by Gasteiger charge is 2.07. The van der Waals surface area contributed by atoms with Crippen LogP contribution in [0, 0.1) is 6.92 Å². The number of aromatic nitrogens is 1. The number of benzene rings is 1. The van der Waals surface area contributed by atoms with Crippen molar-refractivity contribution >= 4 is 27.8 Å². The molecular formula is C14H13N3OS. The van der Waals surface area contributed by atoms with Crippen LogP contribution < -0.4 is 11.1 Å². The van der Waals surface area contributed by atoms with Gasteiger partial charge in [-0.3, -0.25) is 0 Å². The van der Waals surface area contributed by atoms with Crippen LogP contribution in [0.2, 0.25) is 0 Å². The van der Waals surface area contributed by atoms with Crippen molar-refractivity contribution in [2.24, 2.45) is 0 Å². The van der Waals surface area contributed by atoms with Crippen LogP contribution in [-0.2, 0) is 0 Å². The number of nitrogens with one attached hydrogen (secondary N) is 1. The molecule has 3 aromatic rings. The number of aryl methyl sites for hydroxylation is 1. The molecule has 2 aromatic heterocycles. The normalized spacial score (nSPS) is 10.6. The Labute approximate surface area is 114 Å². The third-order valence-corrected chi connectivity index (χ3v) is 3.53. The van der Waals surface area contributed by atoms with Gasteiger partial charge in [-0.2, -0.15) is 0 Å². The van der Waals surface area contributed by atoms with Gasteiger partial charge in [0.15, 0.2) is 10.9 Å². The van der Waals surface area contributed by atoms with Crippen LogP contribution in [0.1, 0.15) is 5.56 Å². The van der Waals surface area contributed by atoms with Gasteiger partial charge in [0.2, 0.25) is 0 Å². The molecule has 0 fully saturated rings. The quantitative estimate of drug-likeness (QED) is 0.706. The zero-order valence-corrected chi connectivity index (χ0v) is 11.2. The van der Waals surface area contributed by atoms with Crippen molar-refractivity contribution in [3.8, 4) is 11.5 Å². The van der Waals surface area contributed by atoms with Gasteiger partial charge in [0.05, 0.1) is 6.26 Å². The molecule has 0 atom stereocenters. The topological polar surface area (TPSA) is 64.1 Å². The molecule has 0 bridgehead atoms. The highest BCUT2D eigenvalue weighted by atomic mass is 32.1. The maximum Gasteiger partial charge on any atom is 0.187 e. The third-order valence-electron chi connectivity index (χ3n) is 2.77. The average Bonchev–Trinajstić information content (AvgIpc) is 3.03. The number of rotatable bonds is 3. The maximum atomic E-state index is 5.74. The number of hydrogen-bond acceptors (Lipinski definition) is 5. The summed E-state index contributed by atoms with van der Waals surface area (Å²) in [6, 6.07) is 9.51. The van der Waals surface area contributed by atoms with Crippen molar-refractivity contribution in [1.82, 2.24) is 4.98 Å². The van der Waals surface area contributed by atoms with Crippen LogP contribution >= 0.6 is 11.3 Å². The van der Waals surface area contributed by atoms with Crippen molar-refractivity contribution in [1.29, 1.82) is 0 Å². The Morgan fingerprint density at radius 2 is 2.21 bits per heavy atom.